The lowest BCUT2D eigenvalue weighted by molar-refractivity contribution is 0.293. The Morgan fingerprint density at radius 2 is 2.00 bits per heavy atom. The number of ether oxygens (including phenoxy) is 1. The van der Waals surface area contributed by atoms with Crippen molar-refractivity contribution < 1.29 is 4.74 Å². The zero-order valence-corrected chi connectivity index (χ0v) is 13.6. The number of imidazole rings is 1. The third kappa shape index (κ3) is 3.10. The maximum absolute atomic E-state index is 5.94. The van der Waals surface area contributed by atoms with E-state index in [1.807, 2.05) is 36.4 Å². The maximum atomic E-state index is 5.94. The van der Waals surface area contributed by atoms with Gasteiger partial charge in [-0.05, 0) is 35.7 Å². The SMILES string of the molecule is CC(C)c1ccccc1OCc1nc2ccc(Br)cc2[nH]1. The van der Waals surface area contributed by atoms with Gasteiger partial charge in [-0.3, -0.25) is 0 Å². The van der Waals surface area contributed by atoms with Crippen LogP contribution in [0.2, 0.25) is 0 Å². The molecule has 1 heterocycles. The first kappa shape index (κ1) is 14.1. The lowest BCUT2D eigenvalue weighted by Crippen LogP contribution is -2.01. The molecule has 1 N–H and O–H groups in total. The number of benzene rings is 2. The molecule has 4 heteroatoms. The summed E-state index contributed by atoms with van der Waals surface area (Å²) in [4.78, 5) is 7.83. The number of nitrogens with zero attached hydrogens (tertiary/aromatic N) is 1. The molecule has 0 fully saturated rings. The van der Waals surface area contributed by atoms with E-state index in [0.717, 1.165) is 27.1 Å². The Morgan fingerprint density at radius 1 is 1.19 bits per heavy atom. The molecule has 0 radical (unpaired) electrons. The molecule has 21 heavy (non-hydrogen) atoms. The molecule has 2 aromatic carbocycles. The molecular weight excluding hydrogens is 328 g/mol. The number of fused-ring (bicyclic) bond motifs is 1. The molecule has 0 aliphatic carbocycles. The number of hydrogen-bond donors (Lipinski definition) is 1. The van der Waals surface area contributed by atoms with Crippen molar-refractivity contribution in [2.75, 3.05) is 0 Å². The summed E-state index contributed by atoms with van der Waals surface area (Å²) in [5.41, 5.74) is 3.19. The number of halogens is 1. The highest BCUT2D eigenvalue weighted by Crippen LogP contribution is 2.26. The summed E-state index contributed by atoms with van der Waals surface area (Å²) >= 11 is 3.46. The first-order valence-corrected chi connectivity index (χ1v) is 7.78. The number of aromatic nitrogens is 2. The number of nitrogens with one attached hydrogen (secondary N) is 1. The van der Waals surface area contributed by atoms with Crippen molar-refractivity contribution in [3.63, 3.8) is 0 Å². The standard InChI is InChI=1S/C17H17BrN2O/c1-11(2)13-5-3-4-6-16(13)21-10-17-19-14-8-7-12(18)9-15(14)20-17/h3-9,11H,10H2,1-2H3,(H,19,20). The molecule has 3 rings (SSSR count). The predicted molar refractivity (Wildman–Crippen MR) is 88.7 cm³/mol. The smallest absolute Gasteiger partial charge is 0.146 e. The lowest BCUT2D eigenvalue weighted by atomic mass is 10.0. The minimum atomic E-state index is 0.438. The van der Waals surface area contributed by atoms with E-state index in [-0.39, 0.29) is 0 Å². The highest BCUT2D eigenvalue weighted by atomic mass is 79.9. The Hall–Kier alpha value is -1.81. The number of para-hydroxylation sites is 1. The Kier molecular flexibility index (Phi) is 3.97. The highest BCUT2D eigenvalue weighted by Gasteiger charge is 2.08. The first-order chi connectivity index (χ1) is 10.1. The Morgan fingerprint density at radius 3 is 2.81 bits per heavy atom. The molecule has 0 unspecified atom stereocenters. The van der Waals surface area contributed by atoms with E-state index in [1.54, 1.807) is 0 Å². The van der Waals surface area contributed by atoms with Crippen LogP contribution in [0.4, 0.5) is 0 Å². The van der Waals surface area contributed by atoms with E-state index in [9.17, 15) is 0 Å². The van der Waals surface area contributed by atoms with Gasteiger partial charge in [0.1, 0.15) is 18.2 Å². The third-order valence-corrected chi connectivity index (χ3v) is 3.89. The van der Waals surface area contributed by atoms with E-state index >= 15 is 0 Å². The summed E-state index contributed by atoms with van der Waals surface area (Å²) < 4.78 is 6.98. The molecule has 3 nitrogen and oxygen atoms in total. The summed E-state index contributed by atoms with van der Waals surface area (Å²) in [6, 6.07) is 14.2. The molecular formula is C17H17BrN2O. The van der Waals surface area contributed by atoms with Gasteiger partial charge in [0.05, 0.1) is 11.0 Å². The topological polar surface area (TPSA) is 37.9 Å². The number of rotatable bonds is 4. The van der Waals surface area contributed by atoms with Crippen molar-refractivity contribution in [1.29, 1.82) is 0 Å². The zero-order valence-electron chi connectivity index (χ0n) is 12.1. The number of aromatic amines is 1. The van der Waals surface area contributed by atoms with Crippen LogP contribution in [0, 0.1) is 0 Å². The van der Waals surface area contributed by atoms with Crippen LogP contribution in [0.15, 0.2) is 46.9 Å². The molecule has 0 saturated carbocycles. The fourth-order valence-electron chi connectivity index (χ4n) is 2.34. The van der Waals surface area contributed by atoms with Crippen LogP contribution in [0.1, 0.15) is 31.2 Å². The van der Waals surface area contributed by atoms with Gasteiger partial charge < -0.3 is 9.72 Å². The van der Waals surface area contributed by atoms with Crippen molar-refractivity contribution >= 4 is 27.0 Å². The first-order valence-electron chi connectivity index (χ1n) is 6.99. The summed E-state index contributed by atoms with van der Waals surface area (Å²) in [5.74, 6) is 2.20. The normalized spacial score (nSPS) is 11.2. The minimum Gasteiger partial charge on any atom is -0.485 e. The van der Waals surface area contributed by atoms with Crippen LogP contribution < -0.4 is 4.74 Å². The van der Waals surface area contributed by atoms with Crippen molar-refractivity contribution in [1.82, 2.24) is 9.97 Å². The second kappa shape index (κ2) is 5.90. The van der Waals surface area contributed by atoms with Crippen LogP contribution in [-0.2, 0) is 6.61 Å². The summed E-state index contributed by atoms with van der Waals surface area (Å²) in [5, 5.41) is 0. The van der Waals surface area contributed by atoms with Gasteiger partial charge in [-0.15, -0.1) is 0 Å². The molecule has 0 saturated heterocycles. The lowest BCUT2D eigenvalue weighted by Gasteiger charge is -2.12. The van der Waals surface area contributed by atoms with Crippen molar-refractivity contribution in [2.45, 2.75) is 26.4 Å². The van der Waals surface area contributed by atoms with Crippen LogP contribution in [0.5, 0.6) is 5.75 Å². The zero-order chi connectivity index (χ0) is 14.8. The van der Waals surface area contributed by atoms with Gasteiger partial charge in [-0.2, -0.15) is 0 Å². The van der Waals surface area contributed by atoms with Gasteiger partial charge in [0.25, 0.3) is 0 Å². The van der Waals surface area contributed by atoms with Crippen molar-refractivity contribution in [3.05, 3.63) is 58.3 Å². The molecule has 3 aromatic rings. The highest BCUT2D eigenvalue weighted by molar-refractivity contribution is 9.10. The fraction of sp³-hybridized carbons (Fsp3) is 0.235. The van der Waals surface area contributed by atoms with Crippen LogP contribution in [0.25, 0.3) is 11.0 Å². The Labute approximate surface area is 132 Å². The largest absolute Gasteiger partial charge is 0.485 e. The Bertz CT molecular complexity index is 764. The van der Waals surface area contributed by atoms with E-state index < -0.39 is 0 Å². The van der Waals surface area contributed by atoms with Gasteiger partial charge in [0.15, 0.2) is 0 Å². The average Bonchev–Trinajstić information content (AvgIpc) is 2.87. The van der Waals surface area contributed by atoms with Crippen molar-refractivity contribution in [2.24, 2.45) is 0 Å². The molecule has 0 aliphatic heterocycles. The number of H-pyrrole nitrogens is 1. The molecule has 0 amide bonds. The molecule has 1 aromatic heterocycles. The van der Waals surface area contributed by atoms with E-state index in [2.05, 4.69) is 45.8 Å². The van der Waals surface area contributed by atoms with Crippen LogP contribution in [-0.4, -0.2) is 9.97 Å². The van der Waals surface area contributed by atoms with E-state index in [1.165, 1.54) is 5.56 Å². The van der Waals surface area contributed by atoms with Gasteiger partial charge in [-0.1, -0.05) is 48.0 Å². The minimum absolute atomic E-state index is 0.438. The van der Waals surface area contributed by atoms with Gasteiger partial charge in [0, 0.05) is 4.47 Å². The monoisotopic (exact) mass is 344 g/mol. The van der Waals surface area contributed by atoms with Gasteiger partial charge >= 0.3 is 0 Å². The molecule has 0 atom stereocenters. The van der Waals surface area contributed by atoms with Gasteiger partial charge in [-0.25, -0.2) is 4.98 Å². The van der Waals surface area contributed by atoms with E-state index in [4.69, 9.17) is 4.74 Å². The quantitative estimate of drug-likeness (QED) is 0.720. The van der Waals surface area contributed by atoms with Crippen LogP contribution >= 0.6 is 15.9 Å². The fourth-order valence-corrected chi connectivity index (χ4v) is 2.70. The van der Waals surface area contributed by atoms with Crippen molar-refractivity contribution in [3.8, 4) is 5.75 Å². The summed E-state index contributed by atoms with van der Waals surface area (Å²) in [7, 11) is 0. The average molecular weight is 345 g/mol. The molecule has 0 aliphatic rings. The Balaban J connectivity index is 1.80. The molecule has 0 spiro atoms. The third-order valence-electron chi connectivity index (χ3n) is 3.40. The second-order valence-electron chi connectivity index (χ2n) is 5.33. The summed E-state index contributed by atoms with van der Waals surface area (Å²) in [6.07, 6.45) is 0. The summed E-state index contributed by atoms with van der Waals surface area (Å²) in [6.45, 7) is 4.78. The molecule has 108 valence electrons. The predicted octanol–water partition coefficient (Wildman–Crippen LogP) is 5.03. The van der Waals surface area contributed by atoms with Crippen LogP contribution in [0.3, 0.4) is 0 Å². The van der Waals surface area contributed by atoms with E-state index in [0.29, 0.717) is 12.5 Å². The number of hydrogen-bond acceptors (Lipinski definition) is 2. The molecule has 0 bridgehead atoms. The van der Waals surface area contributed by atoms with Gasteiger partial charge in [0.2, 0.25) is 0 Å². The second-order valence-corrected chi connectivity index (χ2v) is 6.24. The maximum Gasteiger partial charge on any atom is 0.146 e.